The van der Waals surface area contributed by atoms with E-state index in [-0.39, 0.29) is 246 Å². The van der Waals surface area contributed by atoms with Crippen LogP contribution in [0.25, 0.3) is 54.6 Å². The summed E-state index contributed by atoms with van der Waals surface area (Å²) in [6.45, 7) is 1.51. The van der Waals surface area contributed by atoms with Crippen LogP contribution in [0, 0.1) is 12.3 Å². The van der Waals surface area contributed by atoms with E-state index in [1.807, 2.05) is 0 Å². The van der Waals surface area contributed by atoms with Crippen molar-refractivity contribution in [2.75, 3.05) is 0 Å². The normalized spacial score (nSPS) is 16.2. The minimum absolute atomic E-state index is 0.0138. The van der Waals surface area contributed by atoms with Crippen molar-refractivity contribution in [1.29, 1.82) is 0 Å². The first-order valence-electron chi connectivity index (χ1n) is 23.4. The molecule has 0 saturated carbocycles. The average Bonchev–Trinajstić information content (AvgIpc) is 3.88. The number of allylic oxidation sites excluding steroid dienone is 8. The molecule has 293 valence electrons. The second-order valence-electron chi connectivity index (χ2n) is 19.6. The molecular formula is C50H6B29. The van der Waals surface area contributed by atoms with Gasteiger partial charge in [0.1, 0.15) is 70.6 Å². The van der Waals surface area contributed by atoms with Gasteiger partial charge >= 0.3 is 363 Å². The summed E-state index contributed by atoms with van der Waals surface area (Å²) >= 11 is 0. The zero-order chi connectivity index (χ0) is 58.9. The molecule has 0 saturated heterocycles. The van der Waals surface area contributed by atoms with Crippen LogP contribution in [0.2, 0.25) is 0 Å². The fraction of sp³-hybridized carbons (Fsp3) is 0.0600. The van der Waals surface area contributed by atoms with Gasteiger partial charge in [0.2, 0.25) is 0 Å². The summed E-state index contributed by atoms with van der Waals surface area (Å²) < 4.78 is 0. The van der Waals surface area contributed by atoms with Crippen molar-refractivity contribution < 1.29 is 0 Å². The van der Waals surface area contributed by atoms with Gasteiger partial charge in [-0.05, 0) is 26.9 Å². The third-order valence-corrected chi connectivity index (χ3v) is 15.7. The maximum absolute atomic E-state index is 7.49. The van der Waals surface area contributed by atoms with Crippen molar-refractivity contribution in [2.24, 2.45) is 0 Å². The number of rotatable bonds is 5. The minimum atomic E-state index is -2.02. The van der Waals surface area contributed by atoms with Crippen LogP contribution >= 0.6 is 0 Å². The third-order valence-electron chi connectivity index (χ3n) is 15.7. The molecule has 0 amide bonds. The van der Waals surface area contributed by atoms with E-state index in [9.17, 15) is 0 Å². The molecule has 0 aliphatic heterocycles. The van der Waals surface area contributed by atoms with Gasteiger partial charge in [0.05, 0.1) is 0 Å². The zero-order valence-electron chi connectivity index (χ0n) is 42.5. The molecule has 0 nitrogen and oxygen atoms in total. The topological polar surface area (TPSA) is 0 Å². The molecule has 7 aromatic carbocycles. The van der Waals surface area contributed by atoms with E-state index in [0.29, 0.717) is 0 Å². The van der Waals surface area contributed by atoms with Gasteiger partial charge in [-0.15, -0.1) is 21.9 Å². The van der Waals surface area contributed by atoms with Crippen LogP contribution in [0.15, 0.2) is 32.8 Å². The summed E-state index contributed by atoms with van der Waals surface area (Å²) in [7, 11) is 198. The Kier molecular flexibility index (Phi) is 15.1. The summed E-state index contributed by atoms with van der Waals surface area (Å²) in [5.41, 5.74) is -5.93. The van der Waals surface area contributed by atoms with E-state index >= 15 is 0 Å². The summed E-state index contributed by atoms with van der Waals surface area (Å²) in [6, 6.07) is 0. The molecular weight excluding hydrogens is 914 g/mol. The number of hydrogen-bond donors (Lipinski definition) is 0. The molecule has 1 spiro atoms. The molecule has 2 aliphatic carbocycles. The predicted octanol–water partition coefficient (Wildman–Crippen LogP) is -18.0. The van der Waals surface area contributed by atoms with E-state index in [1.54, 1.807) is 0 Å². The molecule has 29 heteroatoms. The quantitative estimate of drug-likeness (QED) is 0.0698. The van der Waals surface area contributed by atoms with Gasteiger partial charge in [0, 0.05) is 0 Å². The van der Waals surface area contributed by atoms with Crippen molar-refractivity contribution >= 4 is 396 Å². The second-order valence-corrected chi connectivity index (χ2v) is 19.6. The number of terminal acetylenes is 1. The van der Waals surface area contributed by atoms with Crippen molar-refractivity contribution in [2.45, 2.75) is 18.8 Å². The molecule has 0 heterocycles. The molecule has 7 aromatic rings. The first-order valence-corrected chi connectivity index (χ1v) is 23.4. The monoisotopic (exact) mass is 925 g/mol. The molecule has 9 rings (SSSR count). The molecule has 1 unspecified atom stereocenters. The Morgan fingerprint density at radius 3 is 1.11 bits per heavy atom. The van der Waals surface area contributed by atoms with Crippen molar-refractivity contribution in [3.63, 3.8) is 0 Å². The third kappa shape index (κ3) is 7.68. The standard InChI is InChI=1S/C50H6B29/c1-3-7(52)10(19-27(57)11-12(28(58)35(19)65)14-16(32(62)44(74)42(72)30(14)60)15-13(11)29(59)41(71)43(73)31(15)61)26(56)8(53)4-6-9-17-22(38(68)47(77)45(75)33(17)63)50(21(9)37(67)40(70)25(6)55)23-18(34(64)46(76)48(78)39(23)69)20(49(50)79)36(66)24(54)5(2)51/h1H,4H2,2H3/b10-7+,24-5-,26-8-,36-20+. The Balaban J connectivity index is 1.43. The molecule has 0 bridgehead atoms. The summed E-state index contributed by atoms with van der Waals surface area (Å²) in [6.07, 6.45) is 5.61. The van der Waals surface area contributed by atoms with E-state index in [4.69, 9.17) is 234 Å². The first kappa shape index (κ1) is 59.2. The van der Waals surface area contributed by atoms with Crippen LogP contribution in [0.3, 0.4) is 0 Å². The van der Waals surface area contributed by atoms with Crippen LogP contribution < -0.4 is 120 Å². The van der Waals surface area contributed by atoms with Crippen LogP contribution in [0.4, 0.5) is 0 Å². The van der Waals surface area contributed by atoms with Gasteiger partial charge in [0.15, 0.2) is 0 Å². The zero-order valence-corrected chi connectivity index (χ0v) is 42.5. The van der Waals surface area contributed by atoms with Gasteiger partial charge in [-0.1, -0.05) is 21.9 Å². The Morgan fingerprint density at radius 2 is 0.709 bits per heavy atom. The van der Waals surface area contributed by atoms with E-state index < -0.39 is 11.8 Å². The summed E-state index contributed by atoms with van der Waals surface area (Å²) in [5.74, 6) is 2.40. The SMILES string of the molecule is [B]/C(C)=C([B])/C([B])=C1\C(=[B])C2(c3c([B])c([B])c([B])c([B])c31)c1c([B])c([B])c([B])c([B])c1-c1c(C/C([B])=C([B])\C(=C(\[B])C#C)c3c([B])c([B])c4c5c([B])c([B])c([B])c([B])c5c5c([B])c([B])c([B])c([B])c5c4c3[B])c([B])c([B])c([B])c12. The molecule has 0 fully saturated rings. The van der Waals surface area contributed by atoms with E-state index in [2.05, 4.69) is 5.92 Å². The second kappa shape index (κ2) is 20.2. The molecule has 0 N–H and O–H groups in total. The van der Waals surface area contributed by atoms with Crippen molar-refractivity contribution in [1.82, 2.24) is 0 Å². The van der Waals surface area contributed by atoms with E-state index in [0.717, 1.165) is 0 Å². The fourth-order valence-electron chi connectivity index (χ4n) is 11.6. The van der Waals surface area contributed by atoms with Crippen LogP contribution in [0.5, 0.6) is 0 Å². The Bertz CT molecular complexity index is 4290. The Hall–Kier alpha value is -4.41. The molecule has 57 radical (unpaired) electrons. The number of fused-ring (bicyclic) bond motifs is 13. The average molecular weight is 920 g/mol. The number of hydrogen-bond acceptors (Lipinski definition) is 0. The van der Waals surface area contributed by atoms with Crippen molar-refractivity contribution in [3.8, 4) is 23.5 Å². The maximum atomic E-state index is 7.49. The number of benzene rings is 7. The van der Waals surface area contributed by atoms with Crippen LogP contribution in [0.1, 0.15) is 40.3 Å². The van der Waals surface area contributed by atoms with Gasteiger partial charge in [0.25, 0.3) is 0 Å². The Morgan fingerprint density at radius 1 is 0.380 bits per heavy atom. The summed E-state index contributed by atoms with van der Waals surface area (Å²) in [4.78, 5) is 0. The van der Waals surface area contributed by atoms with Crippen LogP contribution in [-0.4, -0.2) is 233 Å². The van der Waals surface area contributed by atoms with Gasteiger partial charge in [-0.25, -0.2) is 0 Å². The first-order chi connectivity index (χ1) is 36.7. The van der Waals surface area contributed by atoms with Crippen molar-refractivity contribution in [3.05, 3.63) is 66.2 Å². The fourth-order valence-corrected chi connectivity index (χ4v) is 11.6. The molecule has 1 atom stereocenters. The Labute approximate surface area is 501 Å². The van der Waals surface area contributed by atoms with E-state index in [1.165, 1.54) is 6.92 Å². The van der Waals surface area contributed by atoms with Gasteiger partial charge < -0.3 is 0 Å². The van der Waals surface area contributed by atoms with Gasteiger partial charge in [-0.2, -0.15) is 0 Å². The molecule has 0 aromatic heterocycles. The molecule has 2 aliphatic rings. The van der Waals surface area contributed by atoms with Gasteiger partial charge in [-0.3, -0.25) is 0 Å². The summed E-state index contributed by atoms with van der Waals surface area (Å²) in [5, 5.41) is 0.677. The van der Waals surface area contributed by atoms with Crippen LogP contribution in [-0.2, 0) is 11.8 Å². The predicted molar refractivity (Wildman–Crippen MR) is 367 cm³/mol. The molecule has 79 heavy (non-hydrogen) atoms.